The molecule has 1 heterocycles. The van der Waals surface area contributed by atoms with Gasteiger partial charge in [0, 0.05) is 6.42 Å². The molecule has 164 valence electrons. The van der Waals surface area contributed by atoms with Gasteiger partial charge in [-0.3, -0.25) is 10.1 Å². The Morgan fingerprint density at radius 2 is 1.97 bits per heavy atom. The zero-order chi connectivity index (χ0) is 22.9. The summed E-state index contributed by atoms with van der Waals surface area (Å²) in [5, 5.41) is 19.0. The first-order chi connectivity index (χ1) is 13.9. The van der Waals surface area contributed by atoms with Gasteiger partial charge in [0.1, 0.15) is 5.60 Å². The molecule has 30 heavy (non-hydrogen) atoms. The summed E-state index contributed by atoms with van der Waals surface area (Å²) in [6.45, 7) is 9.26. The average molecular weight is 422 g/mol. The van der Waals surface area contributed by atoms with Crippen molar-refractivity contribution in [3.05, 3.63) is 0 Å². The molecule has 2 amide bonds. The van der Waals surface area contributed by atoms with E-state index in [0.29, 0.717) is 0 Å². The number of aromatic nitrogens is 4. The highest BCUT2D eigenvalue weighted by Gasteiger charge is 2.41. The molecule has 1 rings (SSSR count). The van der Waals surface area contributed by atoms with Crippen LogP contribution < -0.4 is 16.0 Å². The molecule has 0 radical (unpaired) electrons. The topological polar surface area (TPSA) is 178 Å². The summed E-state index contributed by atoms with van der Waals surface area (Å²) < 4.78 is 5.22. The van der Waals surface area contributed by atoms with Crippen molar-refractivity contribution in [1.82, 2.24) is 25.9 Å². The summed E-state index contributed by atoms with van der Waals surface area (Å²) in [5.74, 6) is 3.52. The van der Waals surface area contributed by atoms with Crippen molar-refractivity contribution < 1.29 is 24.0 Å². The van der Waals surface area contributed by atoms with E-state index in [9.17, 15) is 14.4 Å². The minimum absolute atomic E-state index is 0.0656. The maximum Gasteiger partial charge on any atom is 0.409 e. The van der Waals surface area contributed by atoms with E-state index < -0.39 is 29.1 Å². The minimum atomic E-state index is -1.81. The van der Waals surface area contributed by atoms with Crippen LogP contribution in [0.4, 0.5) is 10.7 Å². The molecule has 0 fully saturated rings. The van der Waals surface area contributed by atoms with Crippen LogP contribution >= 0.6 is 0 Å². The Labute approximate surface area is 173 Å². The van der Waals surface area contributed by atoms with E-state index in [-0.39, 0.29) is 24.7 Å². The number of hydrogen-bond acceptors (Lipinski definition) is 10. The number of carbonyl (C=O) groups excluding carboxylic acids is 3. The highest BCUT2D eigenvalue weighted by molar-refractivity contribution is 6.19. The number of ether oxygens (including phenoxy) is 1. The predicted molar refractivity (Wildman–Crippen MR) is 106 cm³/mol. The zero-order valence-corrected chi connectivity index (χ0v) is 17.8. The number of alkyl carbamates (subject to hydrolysis) is 1. The molecule has 0 spiro atoms. The lowest BCUT2D eigenvalue weighted by molar-refractivity contribution is -0.143. The van der Waals surface area contributed by atoms with Crippen LogP contribution in [0.25, 0.3) is 0 Å². The normalized spacial score (nSPS) is 13.4. The second-order valence-electron chi connectivity index (χ2n) is 7.08. The Hall–Kier alpha value is -3.53. The van der Waals surface area contributed by atoms with Gasteiger partial charge in [0.2, 0.25) is 0 Å². The maximum atomic E-state index is 13.4. The molecule has 1 unspecified atom stereocenters. The summed E-state index contributed by atoms with van der Waals surface area (Å²) in [6.07, 6.45) is -0.804. The van der Waals surface area contributed by atoms with E-state index in [1.165, 1.54) is 13.8 Å². The van der Waals surface area contributed by atoms with E-state index in [1.807, 2.05) is 0 Å². The highest BCUT2D eigenvalue weighted by atomic mass is 16.7. The average Bonchev–Trinajstić information content (AvgIpc) is 3.17. The van der Waals surface area contributed by atoms with Gasteiger partial charge in [-0.05, 0) is 45.0 Å². The molecular weight excluding hydrogens is 396 g/mol. The molecule has 0 aromatic carbocycles. The third-order valence-electron chi connectivity index (χ3n) is 3.26. The highest BCUT2D eigenvalue weighted by Crippen LogP contribution is 2.16. The quantitative estimate of drug-likeness (QED) is 0.195. The van der Waals surface area contributed by atoms with Crippen molar-refractivity contribution in [3.63, 3.8) is 0 Å². The molecule has 0 aliphatic carbocycles. The number of amides is 2. The number of anilines is 1. The third-order valence-corrected chi connectivity index (χ3v) is 3.26. The molecule has 4 N–H and O–H groups in total. The Kier molecular flexibility index (Phi) is 8.42. The van der Waals surface area contributed by atoms with Gasteiger partial charge in [0.25, 0.3) is 11.9 Å². The van der Waals surface area contributed by atoms with Gasteiger partial charge in [-0.25, -0.2) is 19.6 Å². The Morgan fingerprint density at radius 1 is 1.30 bits per heavy atom. The van der Waals surface area contributed by atoms with Gasteiger partial charge in [0.15, 0.2) is 11.4 Å². The predicted octanol–water partition coefficient (Wildman–Crippen LogP) is 0.0648. The molecule has 1 aromatic heterocycles. The number of nitrogens with one attached hydrogen (secondary N) is 2. The monoisotopic (exact) mass is 422 g/mol. The Balaban J connectivity index is 3.35. The van der Waals surface area contributed by atoms with Crippen molar-refractivity contribution in [2.24, 2.45) is 10.9 Å². The van der Waals surface area contributed by atoms with Crippen molar-refractivity contribution in [1.29, 1.82) is 0 Å². The van der Waals surface area contributed by atoms with Crippen molar-refractivity contribution >= 4 is 29.8 Å². The summed E-state index contributed by atoms with van der Waals surface area (Å²) in [5.41, 5.74) is 2.82. The summed E-state index contributed by atoms with van der Waals surface area (Å²) in [6, 6.07) is 0. The molecule has 13 nitrogen and oxygen atoms in total. The van der Waals surface area contributed by atoms with E-state index >= 15 is 0 Å². The fourth-order valence-electron chi connectivity index (χ4n) is 1.96. The van der Waals surface area contributed by atoms with E-state index in [1.54, 1.807) is 27.7 Å². The second-order valence-corrected chi connectivity index (χ2v) is 7.08. The van der Waals surface area contributed by atoms with E-state index in [4.69, 9.17) is 15.3 Å². The van der Waals surface area contributed by atoms with Gasteiger partial charge < -0.3 is 15.3 Å². The van der Waals surface area contributed by atoms with Gasteiger partial charge in [-0.2, -0.15) is 0 Å². The van der Waals surface area contributed by atoms with Gasteiger partial charge in [-0.15, -0.1) is 0 Å². The number of tetrazole rings is 1. The number of nitrogens with zero attached hydrogens (tertiary/aromatic N) is 5. The van der Waals surface area contributed by atoms with Crippen LogP contribution in [0.1, 0.15) is 48.0 Å². The number of H-pyrrole nitrogens is 1. The summed E-state index contributed by atoms with van der Waals surface area (Å²) >= 11 is 0. The standard InChI is InChI=1S/C17H26N8O5/c1-7-12(26)30-22-11(2)25(14-20-23-24-21-14)13(27)17(6,9-8-10-18)19-15(28)29-16(3,4)5/h7,10,18H2,1-6H3,(H,19,28)(H,20,21,23,24)/b22-11+. The second kappa shape index (κ2) is 10.3. The fourth-order valence-corrected chi connectivity index (χ4v) is 1.96. The van der Waals surface area contributed by atoms with Gasteiger partial charge in [-0.1, -0.05) is 29.0 Å². The summed E-state index contributed by atoms with van der Waals surface area (Å²) in [4.78, 5) is 42.8. The fraction of sp³-hybridized carbons (Fsp3) is 0.588. The first-order valence-electron chi connectivity index (χ1n) is 8.97. The van der Waals surface area contributed by atoms with E-state index in [2.05, 4.69) is 42.9 Å². The van der Waals surface area contributed by atoms with Crippen LogP contribution in [0.2, 0.25) is 0 Å². The lowest BCUT2D eigenvalue weighted by Gasteiger charge is -2.30. The zero-order valence-electron chi connectivity index (χ0n) is 17.8. The maximum absolute atomic E-state index is 13.4. The first kappa shape index (κ1) is 24.5. The van der Waals surface area contributed by atoms with Gasteiger partial charge in [0.05, 0.1) is 6.54 Å². The van der Waals surface area contributed by atoms with Gasteiger partial charge >= 0.3 is 12.1 Å². The Bertz CT molecular complexity index is 850. The summed E-state index contributed by atoms with van der Waals surface area (Å²) in [7, 11) is 0. The van der Waals surface area contributed by atoms with Crippen LogP contribution in [0.5, 0.6) is 0 Å². The van der Waals surface area contributed by atoms with Crippen molar-refractivity contribution in [2.45, 2.75) is 59.1 Å². The van der Waals surface area contributed by atoms with Crippen LogP contribution in [-0.2, 0) is 19.2 Å². The smallest absolute Gasteiger partial charge is 0.409 e. The number of nitrogens with two attached hydrogens (primary N) is 1. The molecule has 0 bridgehead atoms. The van der Waals surface area contributed by atoms with E-state index in [0.717, 1.165) is 4.90 Å². The van der Waals surface area contributed by atoms with Crippen LogP contribution in [-0.4, -0.2) is 62.1 Å². The lowest BCUT2D eigenvalue weighted by Crippen LogP contribution is -2.59. The third kappa shape index (κ3) is 7.13. The molecule has 13 heteroatoms. The SMILES string of the molecule is CCC(=O)O/N=C(\C)N(C(=O)C(C)(C#CCN)NC(=O)OC(C)(C)C)c1nnn[nH]1. The number of aromatic amines is 1. The van der Waals surface area contributed by atoms with Crippen molar-refractivity contribution in [2.75, 3.05) is 11.4 Å². The number of rotatable bonds is 5. The van der Waals surface area contributed by atoms with Crippen LogP contribution in [0, 0.1) is 11.8 Å². The number of hydrogen-bond donors (Lipinski definition) is 3. The van der Waals surface area contributed by atoms with Crippen LogP contribution in [0.3, 0.4) is 0 Å². The molecular formula is C17H26N8O5. The lowest BCUT2D eigenvalue weighted by atomic mass is 10.0. The molecule has 1 atom stereocenters. The molecule has 0 saturated carbocycles. The number of carbonyl (C=O) groups is 3. The number of oxime groups is 1. The first-order valence-corrected chi connectivity index (χ1v) is 8.97. The Morgan fingerprint density at radius 3 is 2.47 bits per heavy atom. The molecule has 0 aliphatic rings. The van der Waals surface area contributed by atoms with Crippen LogP contribution in [0.15, 0.2) is 5.16 Å². The molecule has 0 aliphatic heterocycles. The van der Waals surface area contributed by atoms with Crippen molar-refractivity contribution in [3.8, 4) is 11.8 Å². The molecule has 1 aromatic rings. The molecule has 0 saturated heterocycles. The largest absolute Gasteiger partial charge is 0.444 e. The number of amidine groups is 1. The minimum Gasteiger partial charge on any atom is -0.444 e.